The molecule has 0 aromatic carbocycles. The van der Waals surface area contributed by atoms with E-state index >= 15 is 0 Å². The van der Waals surface area contributed by atoms with Gasteiger partial charge in [0.05, 0.1) is 0 Å². The molecule has 0 aromatic heterocycles. The second kappa shape index (κ2) is 10.1. The Morgan fingerprint density at radius 3 is 2.32 bits per heavy atom. The van der Waals surface area contributed by atoms with Gasteiger partial charge < -0.3 is 10.2 Å². The van der Waals surface area contributed by atoms with Gasteiger partial charge in [0, 0.05) is 23.6 Å². The van der Waals surface area contributed by atoms with Crippen LogP contribution in [0.3, 0.4) is 0 Å². The number of hydrogen-bond acceptors (Lipinski definition) is 3. The lowest BCUT2D eigenvalue weighted by Crippen LogP contribution is -2.40. The Hall–Kier alpha value is 0.270. The number of thioether (sulfide) groups is 1. The topological polar surface area (TPSA) is 15.3 Å². The first-order chi connectivity index (χ1) is 9.08. The molecule has 0 aromatic rings. The lowest BCUT2D eigenvalue weighted by molar-refractivity contribution is 0.264. The van der Waals surface area contributed by atoms with Gasteiger partial charge in [-0.15, -0.1) is 0 Å². The fourth-order valence-corrected chi connectivity index (χ4v) is 4.18. The molecule has 0 bridgehead atoms. The molecule has 1 heterocycles. The van der Waals surface area contributed by atoms with Crippen LogP contribution in [-0.4, -0.2) is 48.1 Å². The molecule has 1 fully saturated rings. The van der Waals surface area contributed by atoms with E-state index in [0.29, 0.717) is 0 Å². The normalized spacial score (nSPS) is 25.1. The van der Waals surface area contributed by atoms with Crippen LogP contribution in [0.25, 0.3) is 0 Å². The molecular weight excluding hydrogens is 252 g/mol. The van der Waals surface area contributed by atoms with Crippen molar-refractivity contribution < 1.29 is 0 Å². The third-order valence-electron chi connectivity index (χ3n) is 3.63. The molecule has 2 nitrogen and oxygen atoms in total. The number of nitrogens with zero attached hydrogens (tertiary/aromatic N) is 1. The Morgan fingerprint density at radius 2 is 1.68 bits per heavy atom. The highest BCUT2D eigenvalue weighted by Crippen LogP contribution is 2.24. The SMILES string of the molecule is CC(C)CNCCCCCCN1CC(C)SC(C)C1. The van der Waals surface area contributed by atoms with Crippen molar-refractivity contribution in [3.8, 4) is 0 Å². The fraction of sp³-hybridized carbons (Fsp3) is 1.00. The number of unbranched alkanes of at least 4 members (excludes halogenated alkanes) is 3. The summed E-state index contributed by atoms with van der Waals surface area (Å²) in [4.78, 5) is 2.67. The van der Waals surface area contributed by atoms with Crippen LogP contribution >= 0.6 is 11.8 Å². The average Bonchev–Trinajstić information content (AvgIpc) is 2.31. The van der Waals surface area contributed by atoms with Gasteiger partial charge in [-0.3, -0.25) is 0 Å². The standard InChI is InChI=1S/C16H34N2S/c1-14(2)11-17-9-7-5-6-8-10-18-12-15(3)19-16(4)13-18/h14-17H,5-13H2,1-4H3. The summed E-state index contributed by atoms with van der Waals surface area (Å²) in [5.41, 5.74) is 0. The summed E-state index contributed by atoms with van der Waals surface area (Å²) in [5, 5.41) is 5.17. The molecule has 19 heavy (non-hydrogen) atoms. The Labute approximate surface area is 125 Å². The second-order valence-corrected chi connectivity index (χ2v) is 8.41. The first-order valence-corrected chi connectivity index (χ1v) is 9.10. The molecule has 0 spiro atoms. The third kappa shape index (κ3) is 8.93. The summed E-state index contributed by atoms with van der Waals surface area (Å²) in [6.07, 6.45) is 5.51. The smallest absolute Gasteiger partial charge is 0.0149 e. The van der Waals surface area contributed by atoms with E-state index < -0.39 is 0 Å². The predicted octanol–water partition coefficient (Wildman–Crippen LogP) is 3.62. The number of nitrogens with one attached hydrogen (secondary N) is 1. The zero-order valence-electron chi connectivity index (χ0n) is 13.5. The van der Waals surface area contributed by atoms with E-state index in [1.807, 2.05) is 0 Å². The van der Waals surface area contributed by atoms with Gasteiger partial charge in [-0.2, -0.15) is 11.8 Å². The third-order valence-corrected chi connectivity index (χ3v) is 4.85. The van der Waals surface area contributed by atoms with E-state index in [9.17, 15) is 0 Å². The van der Waals surface area contributed by atoms with Crippen molar-refractivity contribution in [1.29, 1.82) is 0 Å². The Bertz CT molecular complexity index is 211. The van der Waals surface area contributed by atoms with Gasteiger partial charge in [0.15, 0.2) is 0 Å². The highest BCUT2D eigenvalue weighted by molar-refractivity contribution is 8.00. The van der Waals surface area contributed by atoms with Crippen LogP contribution in [0, 0.1) is 5.92 Å². The van der Waals surface area contributed by atoms with Crippen molar-refractivity contribution in [3.05, 3.63) is 0 Å². The Morgan fingerprint density at radius 1 is 1.05 bits per heavy atom. The molecule has 0 saturated carbocycles. The molecule has 3 heteroatoms. The predicted molar refractivity (Wildman–Crippen MR) is 89.1 cm³/mol. The first kappa shape index (κ1) is 17.3. The minimum absolute atomic E-state index is 0.779. The van der Waals surface area contributed by atoms with E-state index in [2.05, 4.69) is 49.7 Å². The average molecular weight is 287 g/mol. The van der Waals surface area contributed by atoms with Crippen molar-refractivity contribution in [3.63, 3.8) is 0 Å². The van der Waals surface area contributed by atoms with Crippen LogP contribution in [-0.2, 0) is 0 Å². The van der Waals surface area contributed by atoms with Gasteiger partial charge in [-0.05, 0) is 38.4 Å². The fourth-order valence-electron chi connectivity index (χ4n) is 2.80. The van der Waals surface area contributed by atoms with E-state index in [1.54, 1.807) is 0 Å². The quantitative estimate of drug-likeness (QED) is 0.652. The number of hydrogen-bond donors (Lipinski definition) is 1. The van der Waals surface area contributed by atoms with E-state index in [-0.39, 0.29) is 0 Å². The lowest BCUT2D eigenvalue weighted by atomic mass is 10.1. The van der Waals surface area contributed by atoms with Gasteiger partial charge >= 0.3 is 0 Å². The number of rotatable bonds is 9. The maximum absolute atomic E-state index is 3.52. The van der Waals surface area contributed by atoms with Crippen LogP contribution in [0.5, 0.6) is 0 Å². The summed E-state index contributed by atoms with van der Waals surface area (Å²) in [6, 6.07) is 0. The van der Waals surface area contributed by atoms with Crippen LogP contribution in [0.2, 0.25) is 0 Å². The van der Waals surface area contributed by atoms with E-state index in [4.69, 9.17) is 0 Å². The molecule has 0 radical (unpaired) electrons. The van der Waals surface area contributed by atoms with Crippen LogP contribution < -0.4 is 5.32 Å². The molecular formula is C16H34N2S. The molecule has 1 saturated heterocycles. The van der Waals surface area contributed by atoms with Crippen molar-refractivity contribution in [2.75, 3.05) is 32.7 Å². The summed E-state index contributed by atoms with van der Waals surface area (Å²) in [5.74, 6) is 0.779. The molecule has 114 valence electrons. The first-order valence-electron chi connectivity index (χ1n) is 8.16. The van der Waals surface area contributed by atoms with Crippen molar-refractivity contribution in [2.45, 2.75) is 63.9 Å². The van der Waals surface area contributed by atoms with Crippen LogP contribution in [0.1, 0.15) is 53.4 Å². The van der Waals surface area contributed by atoms with Gasteiger partial charge in [-0.25, -0.2) is 0 Å². The van der Waals surface area contributed by atoms with Crippen molar-refractivity contribution >= 4 is 11.8 Å². The Kier molecular flexibility index (Phi) is 9.17. The van der Waals surface area contributed by atoms with Crippen molar-refractivity contribution in [1.82, 2.24) is 10.2 Å². The molecule has 2 atom stereocenters. The highest BCUT2D eigenvalue weighted by atomic mass is 32.2. The van der Waals surface area contributed by atoms with Gasteiger partial charge in [-0.1, -0.05) is 40.5 Å². The summed E-state index contributed by atoms with van der Waals surface area (Å²) in [6.45, 7) is 15.6. The van der Waals surface area contributed by atoms with E-state index in [0.717, 1.165) is 16.4 Å². The lowest BCUT2D eigenvalue weighted by Gasteiger charge is -2.34. The zero-order valence-corrected chi connectivity index (χ0v) is 14.3. The summed E-state index contributed by atoms with van der Waals surface area (Å²) in [7, 11) is 0. The van der Waals surface area contributed by atoms with Crippen molar-refractivity contribution in [2.24, 2.45) is 5.92 Å². The minimum atomic E-state index is 0.779. The molecule has 0 amide bonds. The molecule has 1 aliphatic heterocycles. The monoisotopic (exact) mass is 286 g/mol. The zero-order chi connectivity index (χ0) is 14.1. The highest BCUT2D eigenvalue weighted by Gasteiger charge is 2.21. The summed E-state index contributed by atoms with van der Waals surface area (Å²) < 4.78 is 0. The molecule has 1 rings (SSSR count). The maximum atomic E-state index is 3.52. The largest absolute Gasteiger partial charge is 0.316 e. The summed E-state index contributed by atoms with van der Waals surface area (Å²) >= 11 is 2.15. The Balaban J connectivity index is 1.90. The maximum Gasteiger partial charge on any atom is 0.0149 e. The van der Waals surface area contributed by atoms with E-state index in [1.165, 1.54) is 58.4 Å². The molecule has 1 N–H and O–H groups in total. The van der Waals surface area contributed by atoms with Crippen LogP contribution in [0.15, 0.2) is 0 Å². The van der Waals surface area contributed by atoms with Gasteiger partial charge in [0.2, 0.25) is 0 Å². The minimum Gasteiger partial charge on any atom is -0.316 e. The molecule has 2 unspecified atom stereocenters. The second-order valence-electron chi connectivity index (χ2n) is 6.53. The van der Waals surface area contributed by atoms with Gasteiger partial charge in [0.1, 0.15) is 0 Å². The van der Waals surface area contributed by atoms with Gasteiger partial charge in [0.25, 0.3) is 0 Å². The van der Waals surface area contributed by atoms with Crippen LogP contribution in [0.4, 0.5) is 0 Å². The molecule has 1 aliphatic rings. The molecule has 0 aliphatic carbocycles.